The van der Waals surface area contributed by atoms with Gasteiger partial charge >= 0.3 is 5.69 Å². The molecular formula is C16H15NO5. The molecule has 0 spiro atoms. The van der Waals surface area contributed by atoms with E-state index in [1.165, 1.54) is 18.2 Å². The molecule has 2 aromatic carbocycles. The quantitative estimate of drug-likeness (QED) is 0.464. The van der Waals surface area contributed by atoms with Crippen molar-refractivity contribution >= 4 is 12.0 Å². The Morgan fingerprint density at radius 1 is 1.18 bits per heavy atom. The van der Waals surface area contributed by atoms with Crippen LogP contribution in [0.15, 0.2) is 36.4 Å². The summed E-state index contributed by atoms with van der Waals surface area (Å²) in [5.41, 5.74) is 1.81. The number of ether oxygens (including phenoxy) is 2. The van der Waals surface area contributed by atoms with Gasteiger partial charge in [0.05, 0.1) is 12.0 Å². The third-order valence-electron chi connectivity index (χ3n) is 3.13. The molecule has 0 aromatic heterocycles. The number of aldehydes is 1. The number of hydrogen-bond acceptors (Lipinski definition) is 5. The fourth-order valence-electron chi connectivity index (χ4n) is 2.05. The van der Waals surface area contributed by atoms with E-state index in [0.717, 1.165) is 11.1 Å². The van der Waals surface area contributed by atoms with Crippen LogP contribution in [0.1, 0.15) is 21.5 Å². The van der Waals surface area contributed by atoms with Gasteiger partial charge in [0.15, 0.2) is 5.75 Å². The van der Waals surface area contributed by atoms with Gasteiger partial charge < -0.3 is 9.47 Å². The van der Waals surface area contributed by atoms with Crippen molar-refractivity contribution < 1.29 is 19.2 Å². The molecule has 0 saturated heterocycles. The summed E-state index contributed by atoms with van der Waals surface area (Å²) < 4.78 is 10.8. The van der Waals surface area contributed by atoms with E-state index >= 15 is 0 Å². The van der Waals surface area contributed by atoms with Gasteiger partial charge in [-0.3, -0.25) is 14.9 Å². The van der Waals surface area contributed by atoms with Gasteiger partial charge in [-0.25, -0.2) is 0 Å². The molecule has 0 fully saturated rings. The van der Waals surface area contributed by atoms with Crippen molar-refractivity contribution in [2.24, 2.45) is 0 Å². The number of hydrogen-bond donors (Lipinski definition) is 0. The number of nitro groups is 1. The van der Waals surface area contributed by atoms with Gasteiger partial charge in [0.2, 0.25) is 0 Å². The second-order valence-corrected chi connectivity index (χ2v) is 4.71. The van der Waals surface area contributed by atoms with Crippen LogP contribution in [0.3, 0.4) is 0 Å². The van der Waals surface area contributed by atoms with Crippen LogP contribution in [0, 0.1) is 17.0 Å². The van der Waals surface area contributed by atoms with Crippen molar-refractivity contribution in [3.05, 3.63) is 63.2 Å². The molecule has 0 aliphatic heterocycles. The highest BCUT2D eigenvalue weighted by molar-refractivity contribution is 5.77. The Morgan fingerprint density at radius 2 is 1.91 bits per heavy atom. The van der Waals surface area contributed by atoms with Gasteiger partial charge in [-0.2, -0.15) is 0 Å². The number of benzene rings is 2. The Bertz CT molecular complexity index is 712. The van der Waals surface area contributed by atoms with Crippen molar-refractivity contribution in [3.8, 4) is 11.5 Å². The molecule has 0 N–H and O–H groups in total. The maximum absolute atomic E-state index is 11.1. The zero-order chi connectivity index (χ0) is 16.1. The molecule has 0 atom stereocenters. The molecule has 0 heterocycles. The van der Waals surface area contributed by atoms with Gasteiger partial charge in [-0.1, -0.05) is 11.6 Å². The number of carbonyl (C=O) groups is 1. The Hall–Kier alpha value is -2.89. The van der Waals surface area contributed by atoms with Gasteiger partial charge in [0.1, 0.15) is 18.6 Å². The van der Waals surface area contributed by atoms with E-state index in [2.05, 4.69) is 0 Å². The first-order valence-corrected chi connectivity index (χ1v) is 6.55. The second-order valence-electron chi connectivity index (χ2n) is 4.71. The van der Waals surface area contributed by atoms with E-state index in [4.69, 9.17) is 9.47 Å². The Balaban J connectivity index is 2.27. The lowest BCUT2D eigenvalue weighted by atomic mass is 10.1. The van der Waals surface area contributed by atoms with Crippen molar-refractivity contribution in [2.75, 3.05) is 7.11 Å². The van der Waals surface area contributed by atoms with Crippen molar-refractivity contribution in [3.63, 3.8) is 0 Å². The fraction of sp³-hybridized carbons (Fsp3) is 0.188. The van der Waals surface area contributed by atoms with Crippen LogP contribution in [0.4, 0.5) is 5.69 Å². The maximum Gasteiger partial charge on any atom is 0.311 e. The lowest BCUT2D eigenvalue weighted by Gasteiger charge is -2.11. The van der Waals surface area contributed by atoms with Crippen LogP contribution in [0.2, 0.25) is 0 Å². The first-order valence-electron chi connectivity index (χ1n) is 6.55. The van der Waals surface area contributed by atoms with Crippen molar-refractivity contribution in [1.82, 2.24) is 0 Å². The Kier molecular flexibility index (Phi) is 4.73. The lowest BCUT2D eigenvalue weighted by Crippen LogP contribution is -2.02. The number of methoxy groups -OCH3 is 1. The number of nitro benzene ring substituents is 1. The molecule has 0 radical (unpaired) electrons. The molecule has 0 aliphatic rings. The second kappa shape index (κ2) is 6.71. The molecule has 6 heteroatoms. The highest BCUT2D eigenvalue weighted by atomic mass is 16.6. The molecule has 2 rings (SSSR count). The third-order valence-corrected chi connectivity index (χ3v) is 3.13. The molecule has 0 amide bonds. The van der Waals surface area contributed by atoms with Crippen molar-refractivity contribution in [1.29, 1.82) is 0 Å². The average Bonchev–Trinajstić information content (AvgIpc) is 2.52. The Labute approximate surface area is 127 Å². The molecule has 114 valence electrons. The Morgan fingerprint density at radius 3 is 2.55 bits per heavy atom. The van der Waals surface area contributed by atoms with E-state index < -0.39 is 4.92 Å². The molecule has 0 saturated carbocycles. The minimum absolute atomic E-state index is 0.110. The van der Waals surface area contributed by atoms with Crippen LogP contribution in [-0.4, -0.2) is 18.3 Å². The fourth-order valence-corrected chi connectivity index (χ4v) is 2.05. The van der Waals surface area contributed by atoms with E-state index in [-0.39, 0.29) is 23.6 Å². The van der Waals surface area contributed by atoms with Gasteiger partial charge in [-0.05, 0) is 31.2 Å². The third kappa shape index (κ3) is 3.41. The van der Waals surface area contributed by atoms with E-state index in [9.17, 15) is 14.9 Å². The monoisotopic (exact) mass is 301 g/mol. The van der Waals surface area contributed by atoms with Gasteiger partial charge in [-0.15, -0.1) is 0 Å². The molecule has 0 aliphatic carbocycles. The topological polar surface area (TPSA) is 78.7 Å². The van der Waals surface area contributed by atoms with E-state index in [0.29, 0.717) is 12.0 Å². The molecule has 22 heavy (non-hydrogen) atoms. The zero-order valence-corrected chi connectivity index (χ0v) is 12.2. The number of nitrogens with zero attached hydrogens (tertiary/aromatic N) is 1. The maximum atomic E-state index is 11.1. The molecule has 0 bridgehead atoms. The summed E-state index contributed by atoms with van der Waals surface area (Å²) in [6.45, 7) is 2.07. The highest BCUT2D eigenvalue weighted by Crippen LogP contribution is 2.29. The van der Waals surface area contributed by atoms with Crippen LogP contribution in [0.25, 0.3) is 0 Å². The van der Waals surface area contributed by atoms with Gasteiger partial charge in [0, 0.05) is 17.2 Å². The normalized spacial score (nSPS) is 10.1. The predicted molar refractivity (Wildman–Crippen MR) is 80.5 cm³/mol. The average molecular weight is 301 g/mol. The highest BCUT2D eigenvalue weighted by Gasteiger charge is 2.16. The van der Waals surface area contributed by atoms with Crippen LogP contribution in [0.5, 0.6) is 11.5 Å². The SMILES string of the molecule is COc1ccc(C)cc1COc1ccc(C=O)cc1[N+](=O)[O-]. The summed E-state index contributed by atoms with van der Waals surface area (Å²) in [6, 6.07) is 9.70. The first kappa shape index (κ1) is 15.5. The van der Waals surface area contributed by atoms with E-state index in [1.54, 1.807) is 7.11 Å². The van der Waals surface area contributed by atoms with Crippen LogP contribution < -0.4 is 9.47 Å². The number of carbonyl (C=O) groups excluding carboxylic acids is 1. The van der Waals surface area contributed by atoms with Crippen LogP contribution in [-0.2, 0) is 6.61 Å². The smallest absolute Gasteiger partial charge is 0.311 e. The van der Waals surface area contributed by atoms with Crippen LogP contribution >= 0.6 is 0 Å². The first-order chi connectivity index (χ1) is 10.5. The molecule has 2 aromatic rings. The molecule has 0 unspecified atom stereocenters. The summed E-state index contributed by atoms with van der Waals surface area (Å²) in [5, 5.41) is 11.1. The van der Waals surface area contributed by atoms with Gasteiger partial charge in [0.25, 0.3) is 0 Å². The summed E-state index contributed by atoms with van der Waals surface area (Å²) in [5.74, 6) is 0.761. The minimum Gasteiger partial charge on any atom is -0.496 e. The number of aryl methyl sites for hydroxylation is 1. The summed E-state index contributed by atoms with van der Waals surface area (Å²) in [4.78, 5) is 21.2. The predicted octanol–water partition coefficient (Wildman–Crippen LogP) is 3.30. The summed E-state index contributed by atoms with van der Waals surface area (Å²) in [7, 11) is 1.55. The number of rotatable bonds is 6. The van der Waals surface area contributed by atoms with Crippen molar-refractivity contribution in [2.45, 2.75) is 13.5 Å². The standard InChI is InChI=1S/C16H15NO5/c1-11-3-5-15(21-2)13(7-11)10-22-16-6-4-12(9-18)8-14(16)17(19)20/h3-9H,10H2,1-2H3. The lowest BCUT2D eigenvalue weighted by molar-refractivity contribution is -0.386. The zero-order valence-electron chi connectivity index (χ0n) is 12.2. The largest absolute Gasteiger partial charge is 0.496 e. The molecular weight excluding hydrogens is 286 g/mol. The summed E-state index contributed by atoms with van der Waals surface area (Å²) in [6.07, 6.45) is 0.556. The molecule has 6 nitrogen and oxygen atoms in total. The minimum atomic E-state index is -0.574. The summed E-state index contributed by atoms with van der Waals surface area (Å²) >= 11 is 0. The van der Waals surface area contributed by atoms with E-state index in [1.807, 2.05) is 25.1 Å².